The van der Waals surface area contributed by atoms with Crippen molar-refractivity contribution in [3.63, 3.8) is 0 Å². The Bertz CT molecular complexity index is 899. The third-order valence-electron chi connectivity index (χ3n) is 3.09. The number of hydrogen-bond donors (Lipinski definition) is 0. The summed E-state index contributed by atoms with van der Waals surface area (Å²) in [5.41, 5.74) is 1.43. The van der Waals surface area contributed by atoms with Gasteiger partial charge in [0.05, 0.1) is 17.1 Å². The number of aromatic nitrogens is 2. The first kappa shape index (κ1) is 13.7. The molecule has 1 heterocycles. The van der Waals surface area contributed by atoms with Crippen LogP contribution in [-0.4, -0.2) is 15.9 Å². The van der Waals surface area contributed by atoms with Crippen molar-refractivity contribution in [3.05, 3.63) is 74.7 Å². The van der Waals surface area contributed by atoms with Gasteiger partial charge in [-0.2, -0.15) is 9.78 Å². The minimum atomic E-state index is -0.163. The number of nitrogens with zero attached hydrogens (tertiary/aromatic N) is 3. The summed E-state index contributed by atoms with van der Waals surface area (Å²) in [4.78, 5) is 16.8. The van der Waals surface area contributed by atoms with Crippen LogP contribution in [0.4, 0.5) is 0 Å². The number of benzene rings is 2. The summed E-state index contributed by atoms with van der Waals surface area (Å²) in [6.45, 7) is 1.77. The minimum Gasteiger partial charge on any atom is -0.267 e. The van der Waals surface area contributed by atoms with Crippen LogP contribution in [0.15, 0.2) is 62.9 Å². The van der Waals surface area contributed by atoms with E-state index in [1.807, 2.05) is 42.5 Å². The van der Waals surface area contributed by atoms with Crippen molar-refractivity contribution < 1.29 is 0 Å². The van der Waals surface area contributed by atoms with Crippen LogP contribution in [0, 0.1) is 6.92 Å². The van der Waals surface area contributed by atoms with Crippen molar-refractivity contribution in [1.29, 1.82) is 0 Å². The van der Waals surface area contributed by atoms with Crippen molar-refractivity contribution in [1.82, 2.24) is 9.66 Å². The molecule has 0 amide bonds. The highest BCUT2D eigenvalue weighted by atomic mass is 79.9. The van der Waals surface area contributed by atoms with E-state index in [1.54, 1.807) is 19.2 Å². The van der Waals surface area contributed by atoms with Gasteiger partial charge in [-0.15, -0.1) is 0 Å². The molecule has 5 heteroatoms. The van der Waals surface area contributed by atoms with Gasteiger partial charge in [0.25, 0.3) is 5.56 Å². The quantitative estimate of drug-likeness (QED) is 0.671. The Hall–Kier alpha value is -2.27. The average Bonchev–Trinajstić information content (AvgIpc) is 2.47. The molecular weight excluding hydrogens is 330 g/mol. The third-order valence-corrected chi connectivity index (χ3v) is 3.58. The van der Waals surface area contributed by atoms with Gasteiger partial charge in [-0.25, -0.2) is 4.98 Å². The van der Waals surface area contributed by atoms with Crippen molar-refractivity contribution in [2.75, 3.05) is 0 Å². The molecule has 0 aliphatic carbocycles. The van der Waals surface area contributed by atoms with E-state index < -0.39 is 0 Å². The summed E-state index contributed by atoms with van der Waals surface area (Å²) in [7, 11) is 0. The average molecular weight is 342 g/mol. The Labute approximate surface area is 129 Å². The third kappa shape index (κ3) is 2.78. The number of fused-ring (bicyclic) bond motifs is 1. The molecule has 2 aromatic carbocycles. The zero-order valence-corrected chi connectivity index (χ0v) is 12.9. The lowest BCUT2D eigenvalue weighted by Crippen LogP contribution is -2.20. The lowest BCUT2D eigenvalue weighted by molar-refractivity contribution is 0.771. The first-order chi connectivity index (χ1) is 10.1. The van der Waals surface area contributed by atoms with Gasteiger partial charge in [0.1, 0.15) is 5.82 Å². The van der Waals surface area contributed by atoms with Crippen molar-refractivity contribution in [2.24, 2.45) is 5.10 Å². The number of hydrogen-bond acceptors (Lipinski definition) is 3. The van der Waals surface area contributed by atoms with Crippen LogP contribution < -0.4 is 5.56 Å². The van der Waals surface area contributed by atoms with Crippen LogP contribution in [0.3, 0.4) is 0 Å². The maximum atomic E-state index is 12.4. The van der Waals surface area contributed by atoms with E-state index >= 15 is 0 Å². The van der Waals surface area contributed by atoms with Gasteiger partial charge in [0.15, 0.2) is 0 Å². The highest BCUT2D eigenvalue weighted by molar-refractivity contribution is 9.10. The van der Waals surface area contributed by atoms with Crippen LogP contribution in [0.1, 0.15) is 11.4 Å². The molecule has 4 nitrogen and oxygen atoms in total. The molecule has 21 heavy (non-hydrogen) atoms. The standard InChI is InChI=1S/C16H12BrN3O/c1-11-19-15-8-3-2-7-14(15)16(21)20(11)18-10-12-5-4-6-13(17)9-12/h2-10H,1H3/b18-10+. The Morgan fingerprint density at radius 3 is 2.81 bits per heavy atom. The largest absolute Gasteiger partial charge is 0.282 e. The van der Waals surface area contributed by atoms with Crippen LogP contribution in [0.25, 0.3) is 10.9 Å². The van der Waals surface area contributed by atoms with Gasteiger partial charge in [-0.05, 0) is 36.8 Å². The van der Waals surface area contributed by atoms with E-state index in [9.17, 15) is 4.79 Å². The summed E-state index contributed by atoms with van der Waals surface area (Å²) in [6.07, 6.45) is 1.65. The first-order valence-electron chi connectivity index (χ1n) is 6.43. The van der Waals surface area contributed by atoms with E-state index in [4.69, 9.17) is 0 Å². The summed E-state index contributed by atoms with van der Waals surface area (Å²) >= 11 is 3.41. The first-order valence-corrected chi connectivity index (χ1v) is 7.23. The van der Waals surface area contributed by atoms with E-state index in [0.29, 0.717) is 16.7 Å². The molecule has 0 saturated carbocycles. The molecule has 0 aliphatic rings. The highest BCUT2D eigenvalue weighted by Crippen LogP contribution is 2.10. The second-order valence-corrected chi connectivity index (χ2v) is 5.51. The van der Waals surface area contributed by atoms with Crippen LogP contribution in [0.2, 0.25) is 0 Å². The van der Waals surface area contributed by atoms with Crippen molar-refractivity contribution in [3.8, 4) is 0 Å². The van der Waals surface area contributed by atoms with E-state index in [2.05, 4.69) is 26.0 Å². The Morgan fingerprint density at radius 1 is 1.19 bits per heavy atom. The molecule has 0 saturated heterocycles. The summed E-state index contributed by atoms with van der Waals surface area (Å²) < 4.78 is 2.29. The lowest BCUT2D eigenvalue weighted by Gasteiger charge is -2.05. The van der Waals surface area contributed by atoms with Crippen molar-refractivity contribution in [2.45, 2.75) is 6.92 Å². The van der Waals surface area contributed by atoms with Crippen LogP contribution in [-0.2, 0) is 0 Å². The number of aryl methyl sites for hydroxylation is 1. The SMILES string of the molecule is Cc1nc2ccccc2c(=O)n1/N=C/c1cccc(Br)c1. The molecular formula is C16H12BrN3O. The summed E-state index contributed by atoms with van der Waals surface area (Å²) in [5, 5.41) is 4.83. The molecule has 1 aromatic heterocycles. The maximum Gasteiger partial charge on any atom is 0.282 e. The molecule has 3 aromatic rings. The minimum absolute atomic E-state index is 0.163. The van der Waals surface area contributed by atoms with Gasteiger partial charge in [0.2, 0.25) is 0 Å². The predicted molar refractivity (Wildman–Crippen MR) is 87.9 cm³/mol. The Morgan fingerprint density at radius 2 is 2.00 bits per heavy atom. The zero-order valence-electron chi connectivity index (χ0n) is 11.3. The van der Waals surface area contributed by atoms with Gasteiger partial charge in [-0.1, -0.05) is 40.2 Å². The molecule has 104 valence electrons. The zero-order chi connectivity index (χ0) is 14.8. The van der Waals surface area contributed by atoms with Crippen LogP contribution in [0.5, 0.6) is 0 Å². The topological polar surface area (TPSA) is 47.2 Å². The van der Waals surface area contributed by atoms with Gasteiger partial charge >= 0.3 is 0 Å². The molecule has 3 rings (SSSR count). The molecule has 0 bridgehead atoms. The highest BCUT2D eigenvalue weighted by Gasteiger charge is 2.06. The Balaban J connectivity index is 2.11. The molecule has 0 aliphatic heterocycles. The molecule has 0 unspecified atom stereocenters. The molecule has 0 atom stereocenters. The molecule has 0 spiro atoms. The van der Waals surface area contributed by atoms with Gasteiger partial charge < -0.3 is 0 Å². The Kier molecular flexibility index (Phi) is 3.66. The molecule has 0 radical (unpaired) electrons. The fourth-order valence-corrected chi connectivity index (χ4v) is 2.50. The second kappa shape index (κ2) is 5.61. The predicted octanol–water partition coefficient (Wildman–Crippen LogP) is 3.35. The van der Waals surface area contributed by atoms with E-state index in [-0.39, 0.29) is 5.56 Å². The summed E-state index contributed by atoms with van der Waals surface area (Å²) in [5.74, 6) is 0.560. The normalized spacial score (nSPS) is 11.3. The number of rotatable bonds is 2. The fourth-order valence-electron chi connectivity index (χ4n) is 2.08. The van der Waals surface area contributed by atoms with Gasteiger partial charge in [-0.3, -0.25) is 4.79 Å². The monoisotopic (exact) mass is 341 g/mol. The van der Waals surface area contributed by atoms with Crippen LogP contribution >= 0.6 is 15.9 Å². The van der Waals surface area contributed by atoms with E-state index in [1.165, 1.54) is 4.68 Å². The molecule has 0 N–H and O–H groups in total. The number of para-hydroxylation sites is 1. The van der Waals surface area contributed by atoms with Crippen molar-refractivity contribution >= 4 is 33.0 Å². The lowest BCUT2D eigenvalue weighted by atomic mass is 10.2. The number of halogens is 1. The maximum absolute atomic E-state index is 12.4. The second-order valence-electron chi connectivity index (χ2n) is 4.59. The van der Waals surface area contributed by atoms with E-state index in [0.717, 1.165) is 10.0 Å². The van der Waals surface area contributed by atoms with Gasteiger partial charge in [0, 0.05) is 4.47 Å². The summed E-state index contributed by atoms with van der Waals surface area (Å²) in [6, 6.07) is 15.0. The molecule has 0 fully saturated rings. The smallest absolute Gasteiger partial charge is 0.267 e. The fraction of sp³-hybridized carbons (Fsp3) is 0.0625.